The third kappa shape index (κ3) is 2.64. The van der Waals surface area contributed by atoms with Crippen LogP contribution in [0.3, 0.4) is 0 Å². The van der Waals surface area contributed by atoms with E-state index in [1.165, 1.54) is 0 Å². The minimum atomic E-state index is 0.462. The van der Waals surface area contributed by atoms with Gasteiger partial charge in [0.05, 0.1) is 12.3 Å². The molecule has 0 saturated carbocycles. The van der Waals surface area contributed by atoms with Gasteiger partial charge in [0, 0.05) is 12.6 Å². The highest BCUT2D eigenvalue weighted by Crippen LogP contribution is 2.04. The number of nitrogens with zero attached hydrogens (tertiary/aromatic N) is 1. The Hall–Kier alpha value is -0.870. The van der Waals surface area contributed by atoms with Gasteiger partial charge in [0.15, 0.2) is 5.76 Å². The van der Waals surface area contributed by atoms with Crippen molar-refractivity contribution in [2.45, 2.75) is 20.0 Å². The summed E-state index contributed by atoms with van der Waals surface area (Å²) in [6.45, 7) is 3.59. The third-order valence-corrected chi connectivity index (χ3v) is 1.48. The van der Waals surface area contributed by atoms with Crippen LogP contribution in [-0.4, -0.2) is 18.3 Å². The fraction of sp³-hybridized carbons (Fsp3) is 0.625. The minimum absolute atomic E-state index is 0.462. The Kier molecular flexibility index (Phi) is 3.76. The predicted molar refractivity (Wildman–Crippen MR) is 44.6 cm³/mol. The van der Waals surface area contributed by atoms with Gasteiger partial charge in [-0.3, -0.25) is 0 Å². The molecule has 4 heteroatoms. The van der Waals surface area contributed by atoms with Gasteiger partial charge in [0.2, 0.25) is 0 Å². The van der Waals surface area contributed by atoms with Crippen LogP contribution in [0.4, 0.5) is 0 Å². The molecule has 0 amide bonds. The van der Waals surface area contributed by atoms with Gasteiger partial charge < -0.3 is 15.0 Å². The van der Waals surface area contributed by atoms with Gasteiger partial charge in [-0.25, -0.2) is 0 Å². The van der Waals surface area contributed by atoms with Gasteiger partial charge in [-0.05, 0) is 6.42 Å². The Morgan fingerprint density at radius 3 is 3.08 bits per heavy atom. The molecule has 0 atom stereocenters. The molecule has 0 fully saturated rings. The molecule has 0 unspecified atom stereocenters. The first kappa shape index (κ1) is 9.22. The zero-order valence-corrected chi connectivity index (χ0v) is 7.25. The third-order valence-electron chi connectivity index (χ3n) is 1.48. The number of aromatic nitrogens is 1. The first-order valence-electron chi connectivity index (χ1n) is 4.09. The average molecular weight is 170 g/mol. The summed E-state index contributed by atoms with van der Waals surface area (Å²) in [4.78, 5) is 0. The second-order valence-electron chi connectivity index (χ2n) is 2.48. The fourth-order valence-corrected chi connectivity index (χ4v) is 0.847. The maximum absolute atomic E-state index is 5.25. The number of hydrogen-bond donors (Lipinski definition) is 1. The molecule has 0 spiro atoms. The molecule has 12 heavy (non-hydrogen) atoms. The lowest BCUT2D eigenvalue weighted by molar-refractivity contribution is 0.107. The van der Waals surface area contributed by atoms with Crippen molar-refractivity contribution in [3.8, 4) is 0 Å². The summed E-state index contributed by atoms with van der Waals surface area (Å²) in [6, 6.07) is 1.90. The lowest BCUT2D eigenvalue weighted by atomic mass is 10.3. The van der Waals surface area contributed by atoms with Crippen molar-refractivity contribution in [3.63, 3.8) is 0 Å². The molecule has 0 radical (unpaired) electrons. The number of nitrogens with two attached hydrogens (primary N) is 1. The van der Waals surface area contributed by atoms with E-state index in [9.17, 15) is 0 Å². The summed E-state index contributed by atoms with van der Waals surface area (Å²) >= 11 is 0. The zero-order chi connectivity index (χ0) is 8.81. The molecule has 0 aliphatic carbocycles. The van der Waals surface area contributed by atoms with Crippen molar-refractivity contribution < 1.29 is 9.26 Å². The highest BCUT2D eigenvalue weighted by Gasteiger charge is 2.01. The van der Waals surface area contributed by atoms with Crippen molar-refractivity contribution in [1.29, 1.82) is 0 Å². The van der Waals surface area contributed by atoms with Crippen molar-refractivity contribution in [2.75, 3.05) is 13.2 Å². The molecule has 68 valence electrons. The van der Waals surface area contributed by atoms with Gasteiger partial charge in [-0.15, -0.1) is 0 Å². The SMILES string of the molecule is CCc1cc(COCCN)on1. The lowest BCUT2D eigenvalue weighted by Crippen LogP contribution is -2.07. The largest absolute Gasteiger partial charge is 0.372 e. The molecule has 0 aliphatic heterocycles. The average Bonchev–Trinajstić information content (AvgIpc) is 2.53. The summed E-state index contributed by atoms with van der Waals surface area (Å²) < 4.78 is 10.2. The van der Waals surface area contributed by atoms with Crippen LogP contribution in [-0.2, 0) is 17.8 Å². The molecule has 0 saturated heterocycles. The van der Waals surface area contributed by atoms with Crippen LogP contribution in [0.2, 0.25) is 0 Å². The molecular formula is C8H14N2O2. The van der Waals surface area contributed by atoms with E-state index in [0.717, 1.165) is 17.9 Å². The quantitative estimate of drug-likeness (QED) is 0.661. The summed E-state index contributed by atoms with van der Waals surface area (Å²) in [5, 5.41) is 3.83. The summed E-state index contributed by atoms with van der Waals surface area (Å²) in [5.41, 5.74) is 6.21. The molecule has 1 aromatic rings. The molecule has 0 aliphatic rings. The van der Waals surface area contributed by atoms with Gasteiger partial charge in [-0.2, -0.15) is 0 Å². The molecular weight excluding hydrogens is 156 g/mol. The van der Waals surface area contributed by atoms with Gasteiger partial charge >= 0.3 is 0 Å². The van der Waals surface area contributed by atoms with E-state index in [-0.39, 0.29) is 0 Å². The topological polar surface area (TPSA) is 61.3 Å². The second kappa shape index (κ2) is 4.90. The van der Waals surface area contributed by atoms with Crippen molar-refractivity contribution in [2.24, 2.45) is 5.73 Å². The first-order chi connectivity index (χ1) is 5.86. The first-order valence-corrected chi connectivity index (χ1v) is 4.09. The maximum atomic E-state index is 5.25. The molecule has 0 bridgehead atoms. The van der Waals surface area contributed by atoms with Crippen LogP contribution in [0, 0.1) is 0 Å². The van der Waals surface area contributed by atoms with E-state index in [4.69, 9.17) is 15.0 Å². The van der Waals surface area contributed by atoms with Crippen LogP contribution < -0.4 is 5.73 Å². The van der Waals surface area contributed by atoms with Crippen LogP contribution >= 0.6 is 0 Å². The fourth-order valence-electron chi connectivity index (χ4n) is 0.847. The van der Waals surface area contributed by atoms with Crippen LogP contribution in [0.15, 0.2) is 10.6 Å². The van der Waals surface area contributed by atoms with E-state index < -0.39 is 0 Å². The number of ether oxygens (including phenoxy) is 1. The monoisotopic (exact) mass is 170 g/mol. The lowest BCUT2D eigenvalue weighted by Gasteiger charge is -1.96. The normalized spacial score (nSPS) is 10.5. The number of rotatable bonds is 5. The summed E-state index contributed by atoms with van der Waals surface area (Å²) in [7, 11) is 0. The van der Waals surface area contributed by atoms with Crippen molar-refractivity contribution in [1.82, 2.24) is 5.16 Å². The highest BCUT2D eigenvalue weighted by molar-refractivity contribution is 5.03. The Labute approximate surface area is 71.7 Å². The van der Waals surface area contributed by atoms with E-state index in [0.29, 0.717) is 19.8 Å². The number of aryl methyl sites for hydroxylation is 1. The Bertz CT molecular complexity index is 223. The minimum Gasteiger partial charge on any atom is -0.372 e. The molecule has 0 aromatic carbocycles. The van der Waals surface area contributed by atoms with Crippen molar-refractivity contribution in [3.05, 3.63) is 17.5 Å². The standard InChI is InChI=1S/C8H14N2O2/c1-2-7-5-8(12-10-7)6-11-4-3-9/h5H,2-4,6,9H2,1H3. The van der Waals surface area contributed by atoms with E-state index in [1.54, 1.807) is 0 Å². The van der Waals surface area contributed by atoms with Crippen molar-refractivity contribution >= 4 is 0 Å². The van der Waals surface area contributed by atoms with Crippen LogP contribution in [0.25, 0.3) is 0 Å². The summed E-state index contributed by atoms with van der Waals surface area (Å²) in [5.74, 6) is 0.764. The Morgan fingerprint density at radius 1 is 1.67 bits per heavy atom. The number of hydrogen-bond acceptors (Lipinski definition) is 4. The highest BCUT2D eigenvalue weighted by atomic mass is 16.5. The second-order valence-corrected chi connectivity index (χ2v) is 2.48. The zero-order valence-electron chi connectivity index (χ0n) is 7.25. The molecule has 4 nitrogen and oxygen atoms in total. The van der Waals surface area contributed by atoms with Crippen LogP contribution in [0.1, 0.15) is 18.4 Å². The van der Waals surface area contributed by atoms with E-state index in [1.807, 2.05) is 13.0 Å². The van der Waals surface area contributed by atoms with E-state index in [2.05, 4.69) is 5.16 Å². The molecule has 1 heterocycles. The molecule has 1 aromatic heterocycles. The van der Waals surface area contributed by atoms with Gasteiger partial charge in [0.25, 0.3) is 0 Å². The predicted octanol–water partition coefficient (Wildman–Crippen LogP) is 0.712. The maximum Gasteiger partial charge on any atom is 0.162 e. The molecule has 1 rings (SSSR count). The Morgan fingerprint density at radius 2 is 2.50 bits per heavy atom. The summed E-state index contributed by atoms with van der Waals surface area (Å²) in [6.07, 6.45) is 0.889. The van der Waals surface area contributed by atoms with Gasteiger partial charge in [-0.1, -0.05) is 12.1 Å². The van der Waals surface area contributed by atoms with E-state index >= 15 is 0 Å². The molecule has 2 N–H and O–H groups in total. The smallest absolute Gasteiger partial charge is 0.162 e. The van der Waals surface area contributed by atoms with Gasteiger partial charge in [0.1, 0.15) is 6.61 Å². The Balaban J connectivity index is 2.31. The van der Waals surface area contributed by atoms with Crippen LogP contribution in [0.5, 0.6) is 0 Å².